The number of rotatable bonds is 4. The molecule has 0 saturated heterocycles. The van der Waals surface area contributed by atoms with Crippen molar-refractivity contribution < 1.29 is 4.74 Å². The number of aryl methyl sites for hydroxylation is 1. The van der Waals surface area contributed by atoms with Gasteiger partial charge in [0.25, 0.3) is 5.56 Å². The normalized spacial score (nSPS) is 10.1. The maximum absolute atomic E-state index is 11.8. The topological polar surface area (TPSA) is 67.9 Å². The molecule has 1 aromatic carbocycles. The lowest BCUT2D eigenvalue weighted by atomic mass is 10.1. The summed E-state index contributed by atoms with van der Waals surface area (Å²) in [7, 11) is 1.58. The van der Waals surface area contributed by atoms with Gasteiger partial charge in [-0.25, -0.2) is 4.68 Å². The highest BCUT2D eigenvalue weighted by molar-refractivity contribution is 5.60. The second-order valence-electron chi connectivity index (χ2n) is 4.28. The molecular weight excluding hydrogens is 254 g/mol. The minimum absolute atomic E-state index is 0.0826. The van der Waals surface area contributed by atoms with Gasteiger partial charge in [-0.15, -0.1) is 0 Å². The Morgan fingerprint density at radius 2 is 2.05 bits per heavy atom. The molecule has 102 valence electrons. The van der Waals surface area contributed by atoms with Crippen LogP contribution in [0.2, 0.25) is 0 Å². The first kappa shape index (κ1) is 13.8. The summed E-state index contributed by atoms with van der Waals surface area (Å²) in [6.45, 7) is 2.54. The summed E-state index contributed by atoms with van der Waals surface area (Å²) in [4.78, 5) is 11.8. The minimum Gasteiger partial charge on any atom is -0.494 e. The zero-order valence-electron chi connectivity index (χ0n) is 11.5. The fourth-order valence-corrected chi connectivity index (χ4v) is 1.91. The molecule has 5 nitrogen and oxygen atoms in total. The molecule has 0 fully saturated rings. The van der Waals surface area contributed by atoms with E-state index in [1.165, 1.54) is 4.68 Å². The van der Waals surface area contributed by atoms with E-state index < -0.39 is 0 Å². The van der Waals surface area contributed by atoms with E-state index in [-0.39, 0.29) is 12.0 Å². The first-order valence-corrected chi connectivity index (χ1v) is 6.33. The maximum atomic E-state index is 11.8. The molecule has 0 atom stereocenters. The van der Waals surface area contributed by atoms with E-state index in [1.54, 1.807) is 13.1 Å². The van der Waals surface area contributed by atoms with Gasteiger partial charge in [-0.2, -0.15) is 10.4 Å². The first-order valence-electron chi connectivity index (χ1n) is 6.33. The van der Waals surface area contributed by atoms with Crippen molar-refractivity contribution in [1.29, 1.82) is 5.26 Å². The fourth-order valence-electron chi connectivity index (χ4n) is 1.91. The lowest BCUT2D eigenvalue weighted by Crippen LogP contribution is -2.23. The molecule has 0 aliphatic rings. The molecule has 0 amide bonds. The van der Waals surface area contributed by atoms with Gasteiger partial charge in [-0.3, -0.25) is 4.79 Å². The third-order valence-corrected chi connectivity index (χ3v) is 2.87. The van der Waals surface area contributed by atoms with Crippen molar-refractivity contribution in [1.82, 2.24) is 9.78 Å². The summed E-state index contributed by atoms with van der Waals surface area (Å²) in [6.07, 6.45) is 0.0826. The van der Waals surface area contributed by atoms with Gasteiger partial charge in [-0.1, -0.05) is 0 Å². The molecule has 0 aliphatic carbocycles. The Morgan fingerprint density at radius 3 is 2.65 bits per heavy atom. The van der Waals surface area contributed by atoms with Crippen LogP contribution >= 0.6 is 0 Å². The zero-order valence-corrected chi connectivity index (χ0v) is 11.5. The monoisotopic (exact) mass is 269 g/mol. The Bertz CT molecular complexity index is 697. The average Bonchev–Trinajstić information content (AvgIpc) is 2.45. The van der Waals surface area contributed by atoms with Crippen LogP contribution < -0.4 is 10.3 Å². The van der Waals surface area contributed by atoms with Crippen LogP contribution in [0.5, 0.6) is 5.75 Å². The van der Waals surface area contributed by atoms with Gasteiger partial charge in [0, 0.05) is 18.2 Å². The molecule has 5 heteroatoms. The number of aromatic nitrogens is 2. The molecule has 0 bridgehead atoms. The van der Waals surface area contributed by atoms with Crippen LogP contribution in [0.1, 0.15) is 12.5 Å². The number of ether oxygens (including phenoxy) is 1. The van der Waals surface area contributed by atoms with Crippen molar-refractivity contribution in [2.24, 2.45) is 7.05 Å². The molecule has 0 spiro atoms. The quantitative estimate of drug-likeness (QED) is 0.850. The third-order valence-electron chi connectivity index (χ3n) is 2.87. The number of nitrogens with zero attached hydrogens (tertiary/aromatic N) is 3. The van der Waals surface area contributed by atoms with Crippen molar-refractivity contribution in [2.45, 2.75) is 13.3 Å². The Morgan fingerprint density at radius 1 is 1.35 bits per heavy atom. The van der Waals surface area contributed by atoms with Crippen molar-refractivity contribution >= 4 is 0 Å². The highest BCUT2D eigenvalue weighted by atomic mass is 16.5. The average molecular weight is 269 g/mol. The molecule has 2 aromatic rings. The van der Waals surface area contributed by atoms with Crippen LogP contribution in [-0.2, 0) is 13.5 Å². The van der Waals surface area contributed by atoms with Crippen LogP contribution in [0.4, 0.5) is 0 Å². The van der Waals surface area contributed by atoms with E-state index in [4.69, 9.17) is 10.00 Å². The van der Waals surface area contributed by atoms with Crippen LogP contribution in [0, 0.1) is 11.3 Å². The number of nitriles is 1. The summed E-state index contributed by atoms with van der Waals surface area (Å²) in [6, 6.07) is 11.1. The molecule has 0 N–H and O–H groups in total. The summed E-state index contributed by atoms with van der Waals surface area (Å²) in [5.41, 5.74) is 1.76. The van der Waals surface area contributed by atoms with Crippen molar-refractivity contribution in [3.05, 3.63) is 46.2 Å². The largest absolute Gasteiger partial charge is 0.494 e. The number of hydrogen-bond acceptors (Lipinski definition) is 4. The van der Waals surface area contributed by atoms with Crippen molar-refractivity contribution in [3.8, 4) is 23.1 Å². The standard InChI is InChI=1S/C15H15N3O2/c1-3-20-13-6-4-11(5-7-13)14-10-12(8-9-16)15(19)18(2)17-14/h4-7,10H,3,8H2,1-2H3. The summed E-state index contributed by atoms with van der Waals surface area (Å²) >= 11 is 0. The fraction of sp³-hybridized carbons (Fsp3) is 0.267. The Hall–Kier alpha value is -2.61. The number of hydrogen-bond donors (Lipinski definition) is 0. The van der Waals surface area contributed by atoms with Gasteiger partial charge in [0.15, 0.2) is 0 Å². The first-order chi connectivity index (χ1) is 9.65. The minimum atomic E-state index is -0.235. The molecule has 2 rings (SSSR count). The van der Waals surface area contributed by atoms with Gasteiger partial charge in [0.05, 0.1) is 24.8 Å². The van der Waals surface area contributed by atoms with Crippen molar-refractivity contribution in [2.75, 3.05) is 6.61 Å². The summed E-state index contributed by atoms with van der Waals surface area (Å²) in [5, 5.41) is 13.0. The van der Waals surface area contributed by atoms with E-state index >= 15 is 0 Å². The van der Waals surface area contributed by atoms with Crippen LogP contribution in [-0.4, -0.2) is 16.4 Å². The number of benzene rings is 1. The lowest BCUT2D eigenvalue weighted by molar-refractivity contribution is 0.340. The predicted molar refractivity (Wildman–Crippen MR) is 75.4 cm³/mol. The molecule has 0 saturated carbocycles. The summed E-state index contributed by atoms with van der Waals surface area (Å²) < 4.78 is 6.65. The van der Waals surface area contributed by atoms with E-state index in [9.17, 15) is 4.79 Å². The highest BCUT2D eigenvalue weighted by Crippen LogP contribution is 2.20. The van der Waals surface area contributed by atoms with E-state index in [0.29, 0.717) is 17.9 Å². The van der Waals surface area contributed by atoms with Crippen LogP contribution in [0.25, 0.3) is 11.3 Å². The third kappa shape index (κ3) is 2.86. The molecule has 0 radical (unpaired) electrons. The van der Waals surface area contributed by atoms with Gasteiger partial charge in [0.1, 0.15) is 5.75 Å². The van der Waals surface area contributed by atoms with Gasteiger partial charge in [0.2, 0.25) is 0 Å². The second-order valence-corrected chi connectivity index (χ2v) is 4.28. The SMILES string of the molecule is CCOc1ccc(-c2cc(CC#N)c(=O)n(C)n2)cc1. The van der Waals surface area contributed by atoms with Crippen LogP contribution in [0.15, 0.2) is 35.1 Å². The molecule has 0 aliphatic heterocycles. The maximum Gasteiger partial charge on any atom is 0.270 e. The molecule has 1 heterocycles. The highest BCUT2D eigenvalue weighted by Gasteiger charge is 2.08. The van der Waals surface area contributed by atoms with Crippen LogP contribution in [0.3, 0.4) is 0 Å². The molecule has 0 unspecified atom stereocenters. The van der Waals surface area contributed by atoms with E-state index in [0.717, 1.165) is 11.3 Å². The predicted octanol–water partition coefficient (Wildman–Crippen LogP) is 1.91. The smallest absolute Gasteiger partial charge is 0.270 e. The van der Waals surface area contributed by atoms with Gasteiger partial charge in [-0.05, 0) is 37.3 Å². The van der Waals surface area contributed by atoms with E-state index in [1.807, 2.05) is 37.3 Å². The Balaban J connectivity index is 2.42. The summed E-state index contributed by atoms with van der Waals surface area (Å²) in [5.74, 6) is 0.790. The molecule has 20 heavy (non-hydrogen) atoms. The molecular formula is C15H15N3O2. The van der Waals surface area contributed by atoms with Gasteiger partial charge < -0.3 is 4.74 Å². The molecule has 1 aromatic heterocycles. The Labute approximate surface area is 117 Å². The van der Waals surface area contributed by atoms with Crippen molar-refractivity contribution in [3.63, 3.8) is 0 Å². The Kier molecular flexibility index (Phi) is 4.16. The zero-order chi connectivity index (χ0) is 14.5. The second kappa shape index (κ2) is 6.02. The van der Waals surface area contributed by atoms with E-state index in [2.05, 4.69) is 5.10 Å². The van der Waals surface area contributed by atoms with Gasteiger partial charge >= 0.3 is 0 Å². The lowest BCUT2D eigenvalue weighted by Gasteiger charge is -2.07.